The van der Waals surface area contributed by atoms with Crippen LogP contribution in [0.5, 0.6) is 5.88 Å². The first kappa shape index (κ1) is 19.9. The number of nitrogens with zero attached hydrogens (tertiary/aromatic N) is 2. The average Bonchev–Trinajstić information content (AvgIpc) is 2.73. The van der Waals surface area contributed by atoms with Crippen LogP contribution in [0.4, 0.5) is 0 Å². The Balaban J connectivity index is 1.33. The van der Waals surface area contributed by atoms with Crippen molar-refractivity contribution in [3.8, 4) is 17.1 Å². The topological polar surface area (TPSA) is 64.1 Å². The maximum absolute atomic E-state index is 11.9. The monoisotopic (exact) mass is 393 g/mol. The molecule has 0 aliphatic rings. The number of hydrogen-bond acceptors (Lipinski definition) is 5. The van der Waals surface area contributed by atoms with Crippen molar-refractivity contribution in [1.82, 2.24) is 15.5 Å². The molecule has 3 rings (SSSR count). The van der Waals surface area contributed by atoms with Crippen LogP contribution in [0.1, 0.15) is 12.0 Å². The minimum absolute atomic E-state index is 0.0211. The summed E-state index contributed by atoms with van der Waals surface area (Å²) in [4.78, 5) is 13.0. The molecular weight excluding hydrogens is 370 g/mol. The summed E-state index contributed by atoms with van der Waals surface area (Å²) in [6.07, 6.45) is 0.477. The highest BCUT2D eigenvalue weighted by atomic mass is 32.2. The third kappa shape index (κ3) is 6.39. The van der Waals surface area contributed by atoms with Crippen molar-refractivity contribution < 1.29 is 9.53 Å². The van der Waals surface area contributed by atoms with Crippen molar-refractivity contribution in [2.75, 3.05) is 18.9 Å². The third-order valence-corrected chi connectivity index (χ3v) is 5.02. The second kappa shape index (κ2) is 10.5. The zero-order chi connectivity index (χ0) is 19.6. The molecule has 0 aliphatic heterocycles. The molecule has 1 heterocycles. The maximum atomic E-state index is 11.9. The van der Waals surface area contributed by atoms with Gasteiger partial charge in [-0.05, 0) is 25.1 Å². The van der Waals surface area contributed by atoms with Gasteiger partial charge in [0.05, 0.1) is 12.2 Å². The van der Waals surface area contributed by atoms with Gasteiger partial charge in [0, 0.05) is 28.7 Å². The van der Waals surface area contributed by atoms with Gasteiger partial charge in [0.25, 0.3) is 0 Å². The van der Waals surface area contributed by atoms with Crippen molar-refractivity contribution in [1.29, 1.82) is 0 Å². The summed E-state index contributed by atoms with van der Waals surface area (Å²) in [7, 11) is 0. The van der Waals surface area contributed by atoms with Crippen LogP contribution in [-0.4, -0.2) is 35.0 Å². The smallest absolute Gasteiger partial charge is 0.233 e. The molecule has 0 unspecified atom stereocenters. The van der Waals surface area contributed by atoms with Gasteiger partial charge in [-0.2, -0.15) is 0 Å². The fraction of sp³-hybridized carbons (Fsp3) is 0.227. The summed E-state index contributed by atoms with van der Waals surface area (Å²) in [5, 5.41) is 11.1. The number of nitrogens with one attached hydrogen (secondary N) is 1. The quantitative estimate of drug-likeness (QED) is 0.437. The minimum atomic E-state index is 0.0211. The van der Waals surface area contributed by atoms with Crippen LogP contribution in [-0.2, 0) is 4.79 Å². The van der Waals surface area contributed by atoms with Crippen molar-refractivity contribution in [3.05, 3.63) is 72.3 Å². The molecule has 144 valence electrons. The molecule has 0 saturated carbocycles. The van der Waals surface area contributed by atoms with E-state index in [9.17, 15) is 4.79 Å². The fourth-order valence-corrected chi connectivity index (χ4v) is 3.36. The highest BCUT2D eigenvalue weighted by molar-refractivity contribution is 7.99. The van der Waals surface area contributed by atoms with Gasteiger partial charge < -0.3 is 10.1 Å². The first-order valence-electron chi connectivity index (χ1n) is 9.19. The Kier molecular flexibility index (Phi) is 7.44. The Labute approximate surface area is 169 Å². The molecule has 28 heavy (non-hydrogen) atoms. The van der Waals surface area contributed by atoms with Crippen LogP contribution < -0.4 is 10.1 Å². The summed E-state index contributed by atoms with van der Waals surface area (Å²) in [6, 6.07) is 21.9. The van der Waals surface area contributed by atoms with Gasteiger partial charge in [0.15, 0.2) is 0 Å². The number of carbonyl (C=O) groups excluding carboxylic acids is 1. The van der Waals surface area contributed by atoms with Crippen molar-refractivity contribution in [2.45, 2.75) is 18.2 Å². The molecule has 0 aliphatic carbocycles. The highest BCUT2D eigenvalue weighted by Crippen LogP contribution is 2.18. The first-order valence-corrected chi connectivity index (χ1v) is 10.2. The van der Waals surface area contributed by atoms with Crippen LogP contribution in [0.25, 0.3) is 11.3 Å². The maximum Gasteiger partial charge on any atom is 0.233 e. The lowest BCUT2D eigenvalue weighted by Gasteiger charge is -2.07. The van der Waals surface area contributed by atoms with Gasteiger partial charge in [-0.15, -0.1) is 22.0 Å². The van der Waals surface area contributed by atoms with E-state index in [2.05, 4.69) is 15.5 Å². The standard InChI is InChI=1S/C22H23N3O2S/c1-17-7-9-18(10-8-17)20-11-12-22(25-24-20)27-15-14-23-21(26)13-16-28-19-5-3-2-4-6-19/h2-12H,13-16H2,1H3,(H,23,26). The number of benzene rings is 2. The molecule has 0 fully saturated rings. The molecular formula is C22H23N3O2S. The second-order valence-corrected chi connectivity index (χ2v) is 7.40. The summed E-state index contributed by atoms with van der Waals surface area (Å²) in [5.74, 6) is 1.22. The molecule has 0 radical (unpaired) electrons. The Hall–Kier alpha value is -2.86. The Morgan fingerprint density at radius 2 is 1.79 bits per heavy atom. The summed E-state index contributed by atoms with van der Waals surface area (Å²) in [6.45, 7) is 2.85. The highest BCUT2D eigenvalue weighted by Gasteiger charge is 2.04. The lowest BCUT2D eigenvalue weighted by molar-refractivity contribution is -0.120. The molecule has 0 bridgehead atoms. The normalized spacial score (nSPS) is 10.5. The van der Waals surface area contributed by atoms with E-state index in [4.69, 9.17) is 4.74 Å². The van der Waals surface area contributed by atoms with Crippen LogP contribution >= 0.6 is 11.8 Å². The Morgan fingerprint density at radius 3 is 2.50 bits per heavy atom. The van der Waals surface area contributed by atoms with E-state index in [0.717, 1.165) is 17.0 Å². The van der Waals surface area contributed by atoms with E-state index in [1.165, 1.54) is 10.5 Å². The van der Waals surface area contributed by atoms with E-state index < -0.39 is 0 Å². The number of amides is 1. The number of aryl methyl sites for hydroxylation is 1. The first-order chi connectivity index (χ1) is 13.7. The molecule has 3 aromatic rings. The van der Waals surface area contributed by atoms with Gasteiger partial charge in [0.1, 0.15) is 6.61 Å². The zero-order valence-corrected chi connectivity index (χ0v) is 16.6. The van der Waals surface area contributed by atoms with Crippen LogP contribution in [0, 0.1) is 6.92 Å². The van der Waals surface area contributed by atoms with Gasteiger partial charge in [-0.1, -0.05) is 48.0 Å². The van der Waals surface area contributed by atoms with E-state index in [-0.39, 0.29) is 5.91 Å². The van der Waals surface area contributed by atoms with Gasteiger partial charge in [0.2, 0.25) is 11.8 Å². The Bertz CT molecular complexity index is 869. The van der Waals surface area contributed by atoms with Gasteiger partial charge >= 0.3 is 0 Å². The lowest BCUT2D eigenvalue weighted by Crippen LogP contribution is -2.28. The largest absolute Gasteiger partial charge is 0.475 e. The summed E-state index contributed by atoms with van der Waals surface area (Å²) >= 11 is 1.67. The number of thioether (sulfide) groups is 1. The van der Waals surface area contributed by atoms with E-state index in [1.54, 1.807) is 17.8 Å². The molecule has 0 spiro atoms. The predicted octanol–water partition coefficient (Wildman–Crippen LogP) is 4.13. The van der Waals surface area contributed by atoms with Crippen LogP contribution in [0.2, 0.25) is 0 Å². The van der Waals surface area contributed by atoms with Crippen LogP contribution in [0.15, 0.2) is 71.6 Å². The number of aromatic nitrogens is 2. The van der Waals surface area contributed by atoms with Gasteiger partial charge in [-0.25, -0.2) is 0 Å². The molecule has 1 aromatic heterocycles. The molecule has 2 aromatic carbocycles. The molecule has 0 atom stereocenters. The number of ether oxygens (including phenoxy) is 1. The van der Waals surface area contributed by atoms with E-state index >= 15 is 0 Å². The zero-order valence-electron chi connectivity index (χ0n) is 15.8. The molecule has 5 nitrogen and oxygen atoms in total. The summed E-state index contributed by atoms with van der Waals surface area (Å²) < 4.78 is 5.55. The number of carbonyl (C=O) groups is 1. The minimum Gasteiger partial charge on any atom is -0.475 e. The summed E-state index contributed by atoms with van der Waals surface area (Å²) in [5.41, 5.74) is 3.03. The number of hydrogen-bond donors (Lipinski definition) is 1. The molecule has 6 heteroatoms. The Morgan fingerprint density at radius 1 is 1.00 bits per heavy atom. The van der Waals surface area contributed by atoms with E-state index in [1.807, 2.05) is 67.6 Å². The van der Waals surface area contributed by atoms with Crippen molar-refractivity contribution >= 4 is 17.7 Å². The van der Waals surface area contributed by atoms with Crippen molar-refractivity contribution in [2.24, 2.45) is 0 Å². The van der Waals surface area contributed by atoms with Crippen LogP contribution in [0.3, 0.4) is 0 Å². The third-order valence-electron chi connectivity index (χ3n) is 4.00. The SMILES string of the molecule is Cc1ccc(-c2ccc(OCCNC(=O)CCSc3ccccc3)nn2)cc1. The lowest BCUT2D eigenvalue weighted by atomic mass is 10.1. The predicted molar refractivity (Wildman–Crippen MR) is 112 cm³/mol. The molecule has 1 N–H and O–H groups in total. The molecule has 1 amide bonds. The van der Waals surface area contributed by atoms with Gasteiger partial charge in [-0.3, -0.25) is 4.79 Å². The van der Waals surface area contributed by atoms with Crippen molar-refractivity contribution in [3.63, 3.8) is 0 Å². The fourth-order valence-electron chi connectivity index (χ4n) is 2.49. The molecule has 0 saturated heterocycles. The van der Waals surface area contributed by atoms with E-state index in [0.29, 0.717) is 25.5 Å². The average molecular weight is 394 g/mol. The second-order valence-electron chi connectivity index (χ2n) is 6.23. The number of rotatable bonds is 9.